The Hall–Kier alpha value is -4.40. The van der Waals surface area contributed by atoms with Gasteiger partial charge in [-0.25, -0.2) is 9.59 Å². The monoisotopic (exact) mass is 450 g/mol. The fourth-order valence-electron chi connectivity index (χ4n) is 2.99. The Labute approximate surface area is 189 Å². The molecule has 1 unspecified atom stereocenters. The van der Waals surface area contributed by atoms with Gasteiger partial charge in [0.1, 0.15) is 6.04 Å². The largest absolute Gasteiger partial charge is 0.467 e. The molecule has 0 aliphatic carbocycles. The molecule has 0 spiro atoms. The number of methoxy groups -OCH3 is 1. The molecular formula is C24H22N2O7. The summed E-state index contributed by atoms with van der Waals surface area (Å²) in [5.74, 6) is -2.58. The van der Waals surface area contributed by atoms with Gasteiger partial charge in [-0.15, -0.1) is 0 Å². The van der Waals surface area contributed by atoms with E-state index in [2.05, 4.69) is 10.6 Å². The number of carbonyl (C=O) groups excluding carboxylic acids is 4. The molecule has 1 heterocycles. The van der Waals surface area contributed by atoms with Crippen LogP contribution in [0.4, 0.5) is 5.69 Å². The first-order valence-corrected chi connectivity index (χ1v) is 10.00. The minimum Gasteiger partial charge on any atom is -0.467 e. The van der Waals surface area contributed by atoms with Gasteiger partial charge < -0.3 is 24.5 Å². The average molecular weight is 450 g/mol. The molecule has 9 heteroatoms. The van der Waals surface area contributed by atoms with Gasteiger partial charge in [0, 0.05) is 6.42 Å². The standard InChI is InChI=1S/C24H22N2O7/c1-31-24(30)19(14-16-8-3-2-4-9-16)25-21(27)15-33-23(29)17-10-5-6-11-18(17)26-22(28)20-12-7-13-32-20/h2-13,19H,14-15H2,1H3,(H,25,27)(H,26,28). The lowest BCUT2D eigenvalue weighted by Crippen LogP contribution is -2.44. The molecule has 1 atom stereocenters. The highest BCUT2D eigenvalue weighted by atomic mass is 16.5. The fourth-order valence-corrected chi connectivity index (χ4v) is 2.99. The summed E-state index contributed by atoms with van der Waals surface area (Å²) in [6.07, 6.45) is 1.57. The van der Waals surface area contributed by atoms with Crippen molar-refractivity contribution in [1.29, 1.82) is 0 Å². The third-order valence-electron chi connectivity index (χ3n) is 4.58. The lowest BCUT2D eigenvalue weighted by Gasteiger charge is -2.17. The fraction of sp³-hybridized carbons (Fsp3) is 0.167. The van der Waals surface area contributed by atoms with Crippen LogP contribution in [0.3, 0.4) is 0 Å². The minimum atomic E-state index is -0.941. The molecule has 0 saturated carbocycles. The lowest BCUT2D eigenvalue weighted by atomic mass is 10.1. The summed E-state index contributed by atoms with van der Waals surface area (Å²) < 4.78 is 14.9. The van der Waals surface area contributed by atoms with Crippen molar-refractivity contribution in [2.24, 2.45) is 0 Å². The number of hydrogen-bond acceptors (Lipinski definition) is 7. The van der Waals surface area contributed by atoms with Crippen LogP contribution in [0.5, 0.6) is 0 Å². The number of furan rings is 1. The molecule has 2 N–H and O–H groups in total. The number of carbonyl (C=O) groups is 4. The molecule has 0 radical (unpaired) electrons. The van der Waals surface area contributed by atoms with E-state index < -0.39 is 36.4 Å². The highest BCUT2D eigenvalue weighted by Crippen LogP contribution is 2.17. The van der Waals surface area contributed by atoms with E-state index in [1.54, 1.807) is 18.2 Å². The number of hydrogen-bond donors (Lipinski definition) is 2. The maximum Gasteiger partial charge on any atom is 0.340 e. The lowest BCUT2D eigenvalue weighted by molar-refractivity contribution is -0.145. The molecule has 33 heavy (non-hydrogen) atoms. The summed E-state index contributed by atoms with van der Waals surface area (Å²) in [5, 5.41) is 5.08. The van der Waals surface area contributed by atoms with Crippen LogP contribution < -0.4 is 10.6 Å². The first-order chi connectivity index (χ1) is 16.0. The van der Waals surface area contributed by atoms with E-state index in [4.69, 9.17) is 13.9 Å². The number of rotatable bonds is 9. The number of esters is 2. The molecular weight excluding hydrogens is 428 g/mol. The van der Waals surface area contributed by atoms with Crippen molar-refractivity contribution in [1.82, 2.24) is 5.32 Å². The molecule has 2 amide bonds. The van der Waals surface area contributed by atoms with Crippen molar-refractivity contribution in [2.45, 2.75) is 12.5 Å². The highest BCUT2D eigenvalue weighted by molar-refractivity contribution is 6.06. The predicted molar refractivity (Wildman–Crippen MR) is 117 cm³/mol. The molecule has 9 nitrogen and oxygen atoms in total. The second-order valence-electron chi connectivity index (χ2n) is 6.89. The van der Waals surface area contributed by atoms with Gasteiger partial charge in [0.25, 0.3) is 11.8 Å². The summed E-state index contributed by atoms with van der Waals surface area (Å²) in [6.45, 7) is -0.623. The third kappa shape index (κ3) is 6.54. The van der Waals surface area contributed by atoms with Crippen molar-refractivity contribution in [2.75, 3.05) is 19.0 Å². The van der Waals surface area contributed by atoms with Crippen molar-refractivity contribution in [3.63, 3.8) is 0 Å². The van der Waals surface area contributed by atoms with Crippen LogP contribution in [0.15, 0.2) is 77.4 Å². The number of anilines is 1. The van der Waals surface area contributed by atoms with E-state index in [1.807, 2.05) is 30.3 Å². The van der Waals surface area contributed by atoms with Crippen molar-refractivity contribution >= 4 is 29.4 Å². The topological polar surface area (TPSA) is 124 Å². The van der Waals surface area contributed by atoms with Crippen LogP contribution >= 0.6 is 0 Å². The molecule has 2 aromatic carbocycles. The van der Waals surface area contributed by atoms with Crippen LogP contribution in [-0.2, 0) is 25.5 Å². The Balaban J connectivity index is 1.60. The van der Waals surface area contributed by atoms with E-state index in [9.17, 15) is 19.2 Å². The molecule has 1 aromatic heterocycles. The number of nitrogens with one attached hydrogen (secondary N) is 2. The summed E-state index contributed by atoms with van der Waals surface area (Å²) >= 11 is 0. The van der Waals surface area contributed by atoms with E-state index in [0.29, 0.717) is 0 Å². The van der Waals surface area contributed by atoms with Gasteiger partial charge in [0.15, 0.2) is 12.4 Å². The van der Waals surface area contributed by atoms with Crippen molar-refractivity contribution in [3.05, 3.63) is 89.9 Å². The zero-order valence-corrected chi connectivity index (χ0v) is 17.8. The number of benzene rings is 2. The second kappa shape index (κ2) is 11.3. The van der Waals surface area contributed by atoms with E-state index in [1.165, 1.54) is 31.6 Å². The third-order valence-corrected chi connectivity index (χ3v) is 4.58. The SMILES string of the molecule is COC(=O)C(Cc1ccccc1)NC(=O)COC(=O)c1ccccc1NC(=O)c1ccco1. The van der Waals surface area contributed by atoms with Crippen LogP contribution in [0.25, 0.3) is 0 Å². The summed E-state index contributed by atoms with van der Waals surface area (Å²) in [5.41, 5.74) is 1.08. The maximum atomic E-state index is 12.5. The normalized spacial score (nSPS) is 11.2. The molecule has 0 aliphatic rings. The molecule has 0 aliphatic heterocycles. The average Bonchev–Trinajstić information content (AvgIpc) is 3.38. The highest BCUT2D eigenvalue weighted by Gasteiger charge is 2.23. The van der Waals surface area contributed by atoms with Gasteiger partial charge in [-0.05, 0) is 29.8 Å². The summed E-state index contributed by atoms with van der Waals surface area (Å²) in [6, 6.07) is 17.4. The van der Waals surface area contributed by atoms with Crippen LogP contribution in [-0.4, -0.2) is 43.5 Å². The minimum absolute atomic E-state index is 0.0546. The molecule has 170 valence electrons. The van der Waals surface area contributed by atoms with Crippen LogP contribution in [0, 0.1) is 0 Å². The van der Waals surface area contributed by atoms with E-state index in [0.717, 1.165) is 5.56 Å². The van der Waals surface area contributed by atoms with Gasteiger partial charge in [-0.2, -0.15) is 0 Å². The predicted octanol–water partition coefficient (Wildman–Crippen LogP) is 2.59. The Morgan fingerprint density at radius 1 is 0.939 bits per heavy atom. The first-order valence-electron chi connectivity index (χ1n) is 10.00. The van der Waals surface area contributed by atoms with E-state index >= 15 is 0 Å². The molecule has 3 rings (SSSR count). The molecule has 3 aromatic rings. The van der Waals surface area contributed by atoms with Gasteiger partial charge in [0.05, 0.1) is 24.6 Å². The molecule has 0 bridgehead atoms. The number of amides is 2. The summed E-state index contributed by atoms with van der Waals surface area (Å²) in [7, 11) is 1.22. The van der Waals surface area contributed by atoms with E-state index in [-0.39, 0.29) is 23.4 Å². The molecule has 0 fully saturated rings. The van der Waals surface area contributed by atoms with Gasteiger partial charge in [-0.3, -0.25) is 9.59 Å². The van der Waals surface area contributed by atoms with Crippen LogP contribution in [0.1, 0.15) is 26.5 Å². The quantitative estimate of drug-likeness (QED) is 0.480. The van der Waals surface area contributed by atoms with Gasteiger partial charge in [0.2, 0.25) is 0 Å². The summed E-state index contributed by atoms with van der Waals surface area (Å²) in [4.78, 5) is 49.2. The Morgan fingerprint density at radius 3 is 2.36 bits per heavy atom. The Kier molecular flexibility index (Phi) is 7.96. The molecule has 0 saturated heterocycles. The maximum absolute atomic E-state index is 12.5. The first kappa shape index (κ1) is 23.3. The van der Waals surface area contributed by atoms with Gasteiger partial charge >= 0.3 is 11.9 Å². The Morgan fingerprint density at radius 2 is 1.67 bits per heavy atom. The van der Waals surface area contributed by atoms with Crippen molar-refractivity contribution in [3.8, 4) is 0 Å². The Bertz CT molecular complexity index is 1110. The zero-order valence-electron chi connectivity index (χ0n) is 17.8. The van der Waals surface area contributed by atoms with Crippen LogP contribution in [0.2, 0.25) is 0 Å². The smallest absolute Gasteiger partial charge is 0.340 e. The number of para-hydroxylation sites is 1. The zero-order chi connectivity index (χ0) is 23.6. The second-order valence-corrected chi connectivity index (χ2v) is 6.89. The van der Waals surface area contributed by atoms with Crippen molar-refractivity contribution < 1.29 is 33.1 Å². The van der Waals surface area contributed by atoms with Gasteiger partial charge in [-0.1, -0.05) is 42.5 Å². The number of ether oxygens (including phenoxy) is 2.